The van der Waals surface area contributed by atoms with Crippen molar-refractivity contribution in [1.82, 2.24) is 0 Å². The zero-order valence-electron chi connectivity index (χ0n) is 11.4. The van der Waals surface area contributed by atoms with Crippen LogP contribution in [0.4, 0.5) is 0 Å². The van der Waals surface area contributed by atoms with Crippen LogP contribution in [-0.2, 0) is 19.0 Å². The average molecular weight is 279 g/mol. The third kappa shape index (κ3) is 10.8. The number of carbonyl (C=O) groups excluding carboxylic acids is 1. The highest BCUT2D eigenvalue weighted by atomic mass is 32.2. The zero-order valence-corrected chi connectivity index (χ0v) is 12.2. The van der Waals surface area contributed by atoms with E-state index in [1.54, 1.807) is 25.8 Å². The largest absolute Gasteiger partial charge is 0.465 e. The Kier molecular flexibility index (Phi) is 12.9. The van der Waals surface area contributed by atoms with Crippen molar-refractivity contribution in [3.63, 3.8) is 0 Å². The van der Waals surface area contributed by atoms with E-state index in [-0.39, 0.29) is 5.97 Å². The number of thioether (sulfide) groups is 1. The molecule has 0 aliphatic rings. The molecule has 0 fully saturated rings. The third-order valence-corrected chi connectivity index (χ3v) is 3.15. The van der Waals surface area contributed by atoms with E-state index < -0.39 is 6.04 Å². The predicted octanol–water partition coefficient (Wildman–Crippen LogP) is 1.05. The predicted molar refractivity (Wildman–Crippen MR) is 73.9 cm³/mol. The summed E-state index contributed by atoms with van der Waals surface area (Å²) in [4.78, 5) is 11.2. The van der Waals surface area contributed by atoms with Crippen LogP contribution in [0.3, 0.4) is 0 Å². The van der Waals surface area contributed by atoms with Crippen LogP contribution >= 0.6 is 11.8 Å². The van der Waals surface area contributed by atoms with Crippen LogP contribution in [0.15, 0.2) is 0 Å². The van der Waals surface area contributed by atoms with Gasteiger partial charge in [0.2, 0.25) is 0 Å². The molecule has 0 heterocycles. The molecule has 1 atom stereocenters. The van der Waals surface area contributed by atoms with E-state index in [1.165, 1.54) is 0 Å². The fourth-order valence-corrected chi connectivity index (χ4v) is 2.07. The molecule has 6 heteroatoms. The molecule has 0 amide bonds. The van der Waals surface area contributed by atoms with Crippen LogP contribution in [0.5, 0.6) is 0 Å². The van der Waals surface area contributed by atoms with E-state index >= 15 is 0 Å². The van der Waals surface area contributed by atoms with E-state index in [1.807, 2.05) is 0 Å². The van der Waals surface area contributed by atoms with Gasteiger partial charge in [0, 0.05) is 26.1 Å². The quantitative estimate of drug-likeness (QED) is 0.425. The Morgan fingerprint density at radius 3 is 2.72 bits per heavy atom. The van der Waals surface area contributed by atoms with Gasteiger partial charge < -0.3 is 19.9 Å². The summed E-state index contributed by atoms with van der Waals surface area (Å²) in [5, 5.41) is 0. The maximum atomic E-state index is 11.2. The molecule has 0 aliphatic heterocycles. The number of carbonyl (C=O) groups is 1. The zero-order chi connectivity index (χ0) is 13.6. The first-order valence-electron chi connectivity index (χ1n) is 6.29. The highest BCUT2D eigenvalue weighted by Crippen LogP contribution is 2.05. The van der Waals surface area contributed by atoms with Crippen LogP contribution < -0.4 is 5.73 Å². The maximum Gasteiger partial charge on any atom is 0.322 e. The molecule has 0 bridgehead atoms. The molecule has 108 valence electrons. The standard InChI is InChI=1S/C12H25NO4S/c1-3-17-12(14)11(13)5-9-18-10-8-16-7-4-6-15-2/h11H,3-10,13H2,1-2H3. The molecule has 0 spiro atoms. The van der Waals surface area contributed by atoms with Gasteiger partial charge in [-0.1, -0.05) is 0 Å². The number of hydrogen-bond acceptors (Lipinski definition) is 6. The molecule has 0 aromatic carbocycles. The maximum absolute atomic E-state index is 11.2. The molecule has 2 N–H and O–H groups in total. The SMILES string of the molecule is CCOC(=O)C(N)CCSCCOCCCOC. The van der Waals surface area contributed by atoms with Crippen molar-refractivity contribution < 1.29 is 19.0 Å². The fraction of sp³-hybridized carbons (Fsp3) is 0.917. The smallest absolute Gasteiger partial charge is 0.322 e. The van der Waals surface area contributed by atoms with E-state index in [0.717, 1.165) is 37.7 Å². The molecule has 0 aromatic rings. The lowest BCUT2D eigenvalue weighted by molar-refractivity contribution is -0.144. The van der Waals surface area contributed by atoms with Gasteiger partial charge in [0.25, 0.3) is 0 Å². The highest BCUT2D eigenvalue weighted by molar-refractivity contribution is 7.99. The van der Waals surface area contributed by atoms with Gasteiger partial charge in [0.15, 0.2) is 0 Å². The van der Waals surface area contributed by atoms with E-state index in [9.17, 15) is 4.79 Å². The summed E-state index contributed by atoms with van der Waals surface area (Å²) in [6.45, 7) is 4.36. The molecule has 0 aliphatic carbocycles. The average Bonchev–Trinajstić information content (AvgIpc) is 2.36. The molecular weight excluding hydrogens is 254 g/mol. The highest BCUT2D eigenvalue weighted by Gasteiger charge is 2.13. The minimum absolute atomic E-state index is 0.311. The second kappa shape index (κ2) is 13.1. The Hall–Kier alpha value is -0.300. The van der Waals surface area contributed by atoms with Gasteiger partial charge in [-0.25, -0.2) is 0 Å². The van der Waals surface area contributed by atoms with Gasteiger partial charge in [-0.15, -0.1) is 0 Å². The van der Waals surface area contributed by atoms with Gasteiger partial charge in [0.05, 0.1) is 13.2 Å². The molecule has 0 saturated carbocycles. The summed E-state index contributed by atoms with van der Waals surface area (Å²) in [6.07, 6.45) is 1.57. The Labute approximate surface area is 114 Å². The molecule has 18 heavy (non-hydrogen) atoms. The summed E-state index contributed by atoms with van der Waals surface area (Å²) in [7, 11) is 1.68. The monoisotopic (exact) mass is 279 g/mol. The van der Waals surface area contributed by atoms with Crippen molar-refractivity contribution in [3.8, 4) is 0 Å². The Balaban J connectivity index is 3.22. The van der Waals surface area contributed by atoms with E-state index in [2.05, 4.69) is 0 Å². The Morgan fingerprint density at radius 1 is 1.28 bits per heavy atom. The fourth-order valence-electron chi connectivity index (χ4n) is 1.20. The number of nitrogens with two attached hydrogens (primary N) is 1. The molecule has 0 aromatic heterocycles. The summed E-state index contributed by atoms with van der Waals surface area (Å²) in [6, 6.07) is -0.500. The second-order valence-corrected chi connectivity index (χ2v) is 4.94. The number of esters is 1. The first-order valence-corrected chi connectivity index (χ1v) is 7.44. The first-order chi connectivity index (χ1) is 8.72. The minimum Gasteiger partial charge on any atom is -0.465 e. The lowest BCUT2D eigenvalue weighted by Gasteiger charge is -2.10. The van der Waals surface area contributed by atoms with E-state index in [0.29, 0.717) is 13.0 Å². The van der Waals surface area contributed by atoms with E-state index in [4.69, 9.17) is 19.9 Å². The van der Waals surface area contributed by atoms with Gasteiger partial charge in [-0.3, -0.25) is 4.79 Å². The van der Waals surface area contributed by atoms with Crippen molar-refractivity contribution in [3.05, 3.63) is 0 Å². The lowest BCUT2D eigenvalue weighted by Crippen LogP contribution is -2.32. The van der Waals surface area contributed by atoms with Crippen LogP contribution in [0.25, 0.3) is 0 Å². The molecule has 1 unspecified atom stereocenters. The number of ether oxygens (including phenoxy) is 3. The topological polar surface area (TPSA) is 70.8 Å². The van der Waals surface area contributed by atoms with Crippen molar-refractivity contribution >= 4 is 17.7 Å². The summed E-state index contributed by atoms with van der Waals surface area (Å²) in [5.74, 6) is 1.46. The third-order valence-electron chi connectivity index (χ3n) is 2.17. The Morgan fingerprint density at radius 2 is 2.06 bits per heavy atom. The minimum atomic E-state index is -0.500. The Bertz CT molecular complexity index is 205. The van der Waals surface area contributed by atoms with Crippen molar-refractivity contribution in [1.29, 1.82) is 0 Å². The molecule has 5 nitrogen and oxygen atoms in total. The second-order valence-electron chi connectivity index (χ2n) is 3.72. The van der Waals surface area contributed by atoms with Crippen molar-refractivity contribution in [2.45, 2.75) is 25.8 Å². The van der Waals surface area contributed by atoms with Crippen LogP contribution in [-0.4, -0.2) is 57.1 Å². The van der Waals surface area contributed by atoms with Crippen molar-refractivity contribution in [2.75, 3.05) is 45.0 Å². The van der Waals surface area contributed by atoms with Gasteiger partial charge in [-0.05, 0) is 25.5 Å². The molecule has 0 saturated heterocycles. The van der Waals surface area contributed by atoms with Gasteiger partial charge in [-0.2, -0.15) is 11.8 Å². The van der Waals surface area contributed by atoms with Crippen LogP contribution in [0.2, 0.25) is 0 Å². The summed E-state index contributed by atoms with van der Waals surface area (Å²) in [5.41, 5.74) is 5.67. The summed E-state index contributed by atoms with van der Waals surface area (Å²) >= 11 is 1.74. The number of hydrogen-bond donors (Lipinski definition) is 1. The number of methoxy groups -OCH3 is 1. The van der Waals surface area contributed by atoms with Crippen molar-refractivity contribution in [2.24, 2.45) is 5.73 Å². The molecule has 0 radical (unpaired) electrons. The number of rotatable bonds is 12. The normalized spacial score (nSPS) is 12.4. The van der Waals surface area contributed by atoms with Gasteiger partial charge in [0.1, 0.15) is 6.04 Å². The lowest BCUT2D eigenvalue weighted by atomic mass is 10.2. The molecule has 0 rings (SSSR count). The van der Waals surface area contributed by atoms with Gasteiger partial charge >= 0.3 is 5.97 Å². The van der Waals surface area contributed by atoms with Crippen LogP contribution in [0, 0.1) is 0 Å². The summed E-state index contributed by atoms with van der Waals surface area (Å²) < 4.78 is 15.1. The first kappa shape index (κ1) is 17.7. The van der Waals surface area contributed by atoms with Crippen LogP contribution in [0.1, 0.15) is 19.8 Å². The molecular formula is C12H25NO4S.